The largest absolute Gasteiger partial charge is 0.391 e. The summed E-state index contributed by atoms with van der Waals surface area (Å²) in [4.78, 5) is 16.1. The van der Waals surface area contributed by atoms with Gasteiger partial charge in [-0.1, -0.05) is 0 Å². The number of nitrogens with zero attached hydrogens (tertiary/aromatic N) is 2. The number of β-amino-alcohol motifs (C(OH)–C–C–N with tert-alkyl or cyclic N) is 1. The van der Waals surface area contributed by atoms with Gasteiger partial charge in [-0.3, -0.25) is 4.79 Å². The number of aliphatic hydroxyl groups is 1. The lowest BCUT2D eigenvalue weighted by atomic mass is 10.3. The summed E-state index contributed by atoms with van der Waals surface area (Å²) in [5.74, 6) is -0.998. The Kier molecular flexibility index (Phi) is 2.70. The van der Waals surface area contributed by atoms with Gasteiger partial charge in [0.2, 0.25) is 11.9 Å². The van der Waals surface area contributed by atoms with Crippen molar-refractivity contribution in [3.8, 4) is 0 Å². The number of pyridine rings is 1. The van der Waals surface area contributed by atoms with Crippen molar-refractivity contribution in [2.45, 2.75) is 12.5 Å². The van der Waals surface area contributed by atoms with Crippen LogP contribution >= 0.6 is 15.9 Å². The van der Waals surface area contributed by atoms with E-state index in [-0.39, 0.29) is 24.6 Å². The molecule has 1 aromatic rings. The maximum absolute atomic E-state index is 13.3. The number of halogens is 2. The van der Waals surface area contributed by atoms with Crippen LogP contribution in [0.25, 0.3) is 0 Å². The van der Waals surface area contributed by atoms with E-state index >= 15 is 0 Å². The van der Waals surface area contributed by atoms with E-state index < -0.39 is 12.1 Å². The predicted octanol–water partition coefficient (Wildman–Crippen LogP) is 1.08. The van der Waals surface area contributed by atoms with E-state index in [1.165, 1.54) is 17.2 Å². The van der Waals surface area contributed by atoms with Crippen LogP contribution in [0.5, 0.6) is 0 Å². The SMILES string of the molecule is O=C1CC(O)CN1c1cc(Br)cnc1F. The Bertz CT molecular complexity index is 413. The van der Waals surface area contributed by atoms with Crippen LogP contribution in [0.1, 0.15) is 6.42 Å². The van der Waals surface area contributed by atoms with Gasteiger partial charge in [0.25, 0.3) is 0 Å². The highest BCUT2D eigenvalue weighted by Gasteiger charge is 2.31. The van der Waals surface area contributed by atoms with Crippen molar-refractivity contribution >= 4 is 27.5 Å². The fourth-order valence-corrected chi connectivity index (χ4v) is 1.84. The van der Waals surface area contributed by atoms with Crippen LogP contribution < -0.4 is 4.90 Å². The van der Waals surface area contributed by atoms with Crippen molar-refractivity contribution in [3.63, 3.8) is 0 Å². The number of rotatable bonds is 1. The first-order valence-corrected chi connectivity index (χ1v) is 5.16. The molecule has 1 aliphatic heterocycles. The summed E-state index contributed by atoms with van der Waals surface area (Å²) in [7, 11) is 0. The fraction of sp³-hybridized carbons (Fsp3) is 0.333. The number of anilines is 1. The van der Waals surface area contributed by atoms with E-state index in [1.54, 1.807) is 0 Å². The molecule has 0 radical (unpaired) electrons. The molecule has 0 spiro atoms. The number of hydrogen-bond acceptors (Lipinski definition) is 3. The lowest BCUT2D eigenvalue weighted by Gasteiger charge is -2.15. The summed E-state index contributed by atoms with van der Waals surface area (Å²) < 4.78 is 13.9. The first-order chi connectivity index (χ1) is 7.08. The molecule has 80 valence electrons. The van der Waals surface area contributed by atoms with Crippen molar-refractivity contribution in [3.05, 3.63) is 22.7 Å². The Balaban J connectivity index is 2.37. The quantitative estimate of drug-likeness (QED) is 0.780. The lowest BCUT2D eigenvalue weighted by Crippen LogP contribution is -2.26. The second kappa shape index (κ2) is 3.86. The molecule has 1 unspecified atom stereocenters. The second-order valence-corrected chi connectivity index (χ2v) is 4.24. The minimum absolute atomic E-state index is 0.0337. The summed E-state index contributed by atoms with van der Waals surface area (Å²) in [6.07, 6.45) is 0.623. The van der Waals surface area contributed by atoms with E-state index in [2.05, 4.69) is 20.9 Å². The van der Waals surface area contributed by atoms with Gasteiger partial charge in [-0.2, -0.15) is 4.39 Å². The maximum atomic E-state index is 13.3. The molecular formula is C9H8BrFN2O2. The predicted molar refractivity (Wildman–Crippen MR) is 54.9 cm³/mol. The zero-order valence-electron chi connectivity index (χ0n) is 7.65. The van der Waals surface area contributed by atoms with Crippen LogP contribution in [0.2, 0.25) is 0 Å². The van der Waals surface area contributed by atoms with Gasteiger partial charge in [0.1, 0.15) is 5.69 Å². The highest BCUT2D eigenvalue weighted by molar-refractivity contribution is 9.10. The molecule has 6 heteroatoms. The monoisotopic (exact) mass is 274 g/mol. The molecule has 2 heterocycles. The van der Waals surface area contributed by atoms with Crippen molar-refractivity contribution in [1.29, 1.82) is 0 Å². The third-order valence-corrected chi connectivity index (χ3v) is 2.62. The fourth-order valence-electron chi connectivity index (χ4n) is 1.52. The highest BCUT2D eigenvalue weighted by Crippen LogP contribution is 2.26. The molecule has 1 amide bonds. The Morgan fingerprint density at radius 1 is 1.67 bits per heavy atom. The van der Waals surface area contributed by atoms with Crippen LogP contribution in [0, 0.1) is 5.95 Å². The van der Waals surface area contributed by atoms with Gasteiger partial charge in [0.05, 0.1) is 19.1 Å². The first-order valence-electron chi connectivity index (χ1n) is 4.37. The first kappa shape index (κ1) is 10.5. The molecule has 15 heavy (non-hydrogen) atoms. The van der Waals surface area contributed by atoms with Gasteiger partial charge in [-0.15, -0.1) is 0 Å². The third-order valence-electron chi connectivity index (χ3n) is 2.18. The molecule has 1 atom stereocenters. The Labute approximate surface area is 93.9 Å². The molecule has 4 nitrogen and oxygen atoms in total. The zero-order chi connectivity index (χ0) is 11.0. The molecule has 1 N–H and O–H groups in total. The molecule has 0 aliphatic carbocycles. The van der Waals surface area contributed by atoms with E-state index in [0.717, 1.165) is 0 Å². The normalized spacial score (nSPS) is 21.1. The molecule has 0 aromatic carbocycles. The van der Waals surface area contributed by atoms with Crippen LogP contribution in [0.3, 0.4) is 0 Å². The number of amides is 1. The number of carbonyl (C=O) groups is 1. The second-order valence-electron chi connectivity index (χ2n) is 3.33. The van der Waals surface area contributed by atoms with Crippen molar-refractivity contribution in [1.82, 2.24) is 4.98 Å². The number of aliphatic hydroxyl groups excluding tert-OH is 1. The average Bonchev–Trinajstić information content (AvgIpc) is 2.50. The van der Waals surface area contributed by atoms with Gasteiger partial charge >= 0.3 is 0 Å². The molecule has 1 aliphatic rings. The summed E-state index contributed by atoms with van der Waals surface area (Å²) >= 11 is 3.15. The van der Waals surface area contributed by atoms with Gasteiger partial charge in [-0.25, -0.2) is 4.98 Å². The van der Waals surface area contributed by atoms with E-state index in [1.807, 2.05) is 0 Å². The van der Waals surface area contributed by atoms with Crippen LogP contribution in [0.4, 0.5) is 10.1 Å². The number of carbonyl (C=O) groups excluding carboxylic acids is 1. The van der Waals surface area contributed by atoms with Crippen LogP contribution in [-0.4, -0.2) is 28.6 Å². The minimum atomic E-state index is -0.726. The molecule has 2 rings (SSSR count). The summed E-state index contributed by atoms with van der Waals surface area (Å²) in [5.41, 5.74) is 0.103. The molecule has 0 bridgehead atoms. The van der Waals surface area contributed by atoms with Gasteiger partial charge in [0, 0.05) is 10.7 Å². The molecular weight excluding hydrogens is 267 g/mol. The number of hydrogen-bond donors (Lipinski definition) is 1. The lowest BCUT2D eigenvalue weighted by molar-refractivity contribution is -0.117. The standard InChI is InChI=1S/C9H8BrFN2O2/c10-5-1-7(9(11)12-3-5)13-4-6(14)2-8(13)15/h1,3,6,14H,2,4H2. The Hall–Kier alpha value is -1.01. The topological polar surface area (TPSA) is 53.4 Å². The van der Waals surface area contributed by atoms with Gasteiger partial charge in [-0.05, 0) is 22.0 Å². The van der Waals surface area contributed by atoms with Crippen LogP contribution in [-0.2, 0) is 4.79 Å². The van der Waals surface area contributed by atoms with Crippen LogP contribution in [0.15, 0.2) is 16.7 Å². The maximum Gasteiger partial charge on any atom is 0.236 e. The average molecular weight is 275 g/mol. The number of aromatic nitrogens is 1. The summed E-state index contributed by atoms with van der Waals surface area (Å²) in [6, 6.07) is 1.47. The molecule has 1 aromatic heterocycles. The molecule has 1 saturated heterocycles. The Morgan fingerprint density at radius 3 is 3.00 bits per heavy atom. The van der Waals surface area contributed by atoms with Gasteiger partial charge in [0.15, 0.2) is 0 Å². The van der Waals surface area contributed by atoms with Crippen molar-refractivity contribution < 1.29 is 14.3 Å². The van der Waals surface area contributed by atoms with Crippen molar-refractivity contribution in [2.24, 2.45) is 0 Å². The molecule has 0 saturated carbocycles. The highest BCUT2D eigenvalue weighted by atomic mass is 79.9. The molecule has 1 fully saturated rings. The third kappa shape index (κ3) is 2.00. The smallest absolute Gasteiger partial charge is 0.236 e. The van der Waals surface area contributed by atoms with Gasteiger partial charge < -0.3 is 10.0 Å². The van der Waals surface area contributed by atoms with E-state index in [4.69, 9.17) is 0 Å². The summed E-state index contributed by atoms with van der Waals surface area (Å²) in [6.45, 7) is 0.119. The Morgan fingerprint density at radius 2 is 2.40 bits per heavy atom. The van der Waals surface area contributed by atoms with Crippen molar-refractivity contribution in [2.75, 3.05) is 11.4 Å². The van der Waals surface area contributed by atoms with E-state index in [9.17, 15) is 14.3 Å². The minimum Gasteiger partial charge on any atom is -0.391 e. The van der Waals surface area contributed by atoms with E-state index in [0.29, 0.717) is 4.47 Å². The zero-order valence-corrected chi connectivity index (χ0v) is 9.24. The summed E-state index contributed by atoms with van der Waals surface area (Å²) in [5, 5.41) is 9.27.